The van der Waals surface area contributed by atoms with Crippen LogP contribution in [0, 0.1) is 12.8 Å². The summed E-state index contributed by atoms with van der Waals surface area (Å²) in [6, 6.07) is 16.0. The van der Waals surface area contributed by atoms with E-state index in [-0.39, 0.29) is 88.2 Å². The van der Waals surface area contributed by atoms with Crippen molar-refractivity contribution in [1.82, 2.24) is 0 Å². The fourth-order valence-corrected chi connectivity index (χ4v) is 4.09. The van der Waals surface area contributed by atoms with Crippen LogP contribution in [0.15, 0.2) is 72.8 Å². The molecule has 0 N–H and O–H groups in total. The molecule has 0 unspecified atom stereocenters. The summed E-state index contributed by atoms with van der Waals surface area (Å²) in [5.41, 5.74) is 2.98. The van der Waals surface area contributed by atoms with Crippen molar-refractivity contribution >= 4 is 17.3 Å². The molecule has 0 saturated carbocycles. The zero-order chi connectivity index (χ0) is 28.8. The Hall–Kier alpha value is -1.26. The summed E-state index contributed by atoms with van der Waals surface area (Å²) in [6.07, 6.45) is 7.26. The molecular weight excluding hydrogens is 666 g/mol. The van der Waals surface area contributed by atoms with Gasteiger partial charge < -0.3 is 14.3 Å². The van der Waals surface area contributed by atoms with Crippen LogP contribution in [-0.2, 0) is 85.2 Å². The van der Waals surface area contributed by atoms with E-state index in [1.807, 2.05) is 61.4 Å². The number of hydrogen-bond acceptors (Lipinski definition) is 5. The van der Waals surface area contributed by atoms with Crippen molar-refractivity contribution in [1.29, 1.82) is 0 Å². The average Bonchev–Trinajstić information content (AvgIpc) is 2.91. The van der Waals surface area contributed by atoms with Crippen molar-refractivity contribution < 1.29 is 89.3 Å². The summed E-state index contributed by atoms with van der Waals surface area (Å²) in [6.45, 7) is 15.4. The molecule has 0 saturated heterocycles. The molecule has 2 aromatic rings. The number of hydrogen-bond donors (Lipinski definition) is 0. The fourth-order valence-electron chi connectivity index (χ4n) is 4.09. The summed E-state index contributed by atoms with van der Waals surface area (Å²) < 4.78 is 11.7. The Morgan fingerprint density at radius 3 is 1.37 bits per heavy atom. The topological polar surface area (TPSA) is 69.7 Å². The van der Waals surface area contributed by atoms with Gasteiger partial charge in [0, 0.05) is 77.3 Å². The van der Waals surface area contributed by atoms with Crippen LogP contribution < -0.4 is 9.47 Å². The van der Waals surface area contributed by atoms with Gasteiger partial charge in [0.15, 0.2) is 11.6 Å². The van der Waals surface area contributed by atoms with E-state index in [9.17, 15) is 14.4 Å². The summed E-state index contributed by atoms with van der Waals surface area (Å²) in [5, 5.41) is 0. The van der Waals surface area contributed by atoms with E-state index >= 15 is 0 Å². The van der Waals surface area contributed by atoms with E-state index in [1.165, 1.54) is 0 Å². The quantitative estimate of drug-likeness (QED) is 0.0867. The van der Waals surface area contributed by atoms with Crippen molar-refractivity contribution in [3.8, 4) is 11.5 Å². The Kier molecular flexibility index (Phi) is 20.0. The second-order valence-corrected chi connectivity index (χ2v) is 10.3. The molecule has 0 amide bonds. The van der Waals surface area contributed by atoms with Gasteiger partial charge in [-0.1, -0.05) is 44.3 Å². The van der Waals surface area contributed by atoms with Crippen LogP contribution in [0.3, 0.4) is 0 Å². The number of unbranched alkanes of at least 4 members (excludes halogenated alkanes) is 2. The van der Waals surface area contributed by atoms with Gasteiger partial charge >= 0.3 is 0 Å². The first-order valence-electron chi connectivity index (χ1n) is 13.5. The number of benzene rings is 2. The van der Waals surface area contributed by atoms with Crippen molar-refractivity contribution in [3.05, 3.63) is 96.8 Å². The number of ether oxygens (including phenoxy) is 2. The third-order valence-corrected chi connectivity index (χ3v) is 6.80. The smallest absolute Gasteiger partial charge is 0.155 e. The third kappa shape index (κ3) is 14.2. The van der Waals surface area contributed by atoms with E-state index in [4.69, 9.17) is 9.47 Å². The maximum atomic E-state index is 11.9. The average molecular weight is 709 g/mol. The first-order chi connectivity index (χ1) is 18.5. The SMILES string of the molecule is C=C(C)C(=O)CC[CH-]COc1ccc(C(C)(CCC(C)=O)c2ccc(OC[CH-]CCC(=O)C(=C)C)cc2)cc1.[Y].[Y]. The Morgan fingerprint density at radius 1 is 0.683 bits per heavy atom. The molecule has 0 aliphatic carbocycles. The van der Waals surface area contributed by atoms with Crippen LogP contribution in [0.4, 0.5) is 0 Å². The van der Waals surface area contributed by atoms with Crippen LogP contribution >= 0.6 is 0 Å². The number of Topliss-reactive ketones (excluding diaryl/α,β-unsaturated/α-hetero) is 3. The van der Waals surface area contributed by atoms with Crippen LogP contribution in [0.1, 0.15) is 77.3 Å². The van der Waals surface area contributed by atoms with Gasteiger partial charge in [-0.2, -0.15) is 12.8 Å². The van der Waals surface area contributed by atoms with E-state index < -0.39 is 0 Å². The normalized spacial score (nSPS) is 10.5. The monoisotopic (exact) mass is 708 g/mol. The molecule has 0 heterocycles. The number of rotatable bonds is 19. The standard InChI is InChI=1S/C34H42O5.2Y/c1-25(2)32(36)11-7-9-23-38-30-17-13-28(14-18-30)34(6,22-21-27(5)35)29-15-19-31(20-16-29)39-24-10-8-12-33(37)26(3)4;;/h9-10,13-20H,1,3,7-8,11-12,21-24H2,2,4-6H3;;/q-2;;. The molecule has 216 valence electrons. The van der Waals surface area contributed by atoms with E-state index in [2.05, 4.69) is 20.1 Å². The molecule has 0 aliphatic rings. The first-order valence-corrected chi connectivity index (χ1v) is 13.5. The van der Waals surface area contributed by atoms with Crippen LogP contribution in [0.25, 0.3) is 0 Å². The van der Waals surface area contributed by atoms with Gasteiger partial charge in [-0.3, -0.25) is 22.4 Å². The summed E-state index contributed by atoms with van der Waals surface area (Å²) in [5.74, 6) is 1.80. The minimum Gasteiger partial charge on any atom is -0.525 e. The Bertz CT molecular complexity index is 1060. The summed E-state index contributed by atoms with van der Waals surface area (Å²) in [7, 11) is 0. The largest absolute Gasteiger partial charge is 0.525 e. The van der Waals surface area contributed by atoms with Crippen molar-refractivity contribution in [2.75, 3.05) is 13.2 Å². The van der Waals surface area contributed by atoms with E-state index in [0.29, 0.717) is 62.9 Å². The number of allylic oxidation sites excluding steroid dienone is 2. The van der Waals surface area contributed by atoms with Crippen LogP contribution in [0.2, 0.25) is 0 Å². The second kappa shape index (κ2) is 20.6. The van der Waals surface area contributed by atoms with Crippen LogP contribution in [-0.4, -0.2) is 30.6 Å². The number of carbonyl (C=O) groups is 3. The van der Waals surface area contributed by atoms with Gasteiger partial charge in [0.05, 0.1) is 0 Å². The summed E-state index contributed by atoms with van der Waals surface area (Å²) >= 11 is 0. The Labute approximate surface area is 297 Å². The van der Waals surface area contributed by atoms with Gasteiger partial charge in [-0.15, -0.1) is 0 Å². The first kappa shape index (κ1) is 39.7. The Balaban J connectivity index is 0.00000800. The molecule has 2 rings (SSSR count). The number of carbonyl (C=O) groups excluding carboxylic acids is 3. The maximum absolute atomic E-state index is 11.9. The van der Waals surface area contributed by atoms with Gasteiger partial charge in [0.25, 0.3) is 0 Å². The third-order valence-electron chi connectivity index (χ3n) is 6.80. The zero-order valence-electron chi connectivity index (χ0n) is 25.0. The Morgan fingerprint density at radius 2 is 1.05 bits per heavy atom. The molecule has 0 aliphatic heterocycles. The molecule has 0 spiro atoms. The van der Waals surface area contributed by atoms with Gasteiger partial charge in [-0.25, -0.2) is 0 Å². The van der Waals surface area contributed by atoms with Gasteiger partial charge in [-0.05, 0) is 99.8 Å². The molecule has 5 nitrogen and oxygen atoms in total. The molecule has 2 radical (unpaired) electrons. The molecule has 0 aromatic heterocycles. The maximum Gasteiger partial charge on any atom is 0.155 e. The fraction of sp³-hybridized carbons (Fsp3) is 0.382. The molecule has 2 aromatic carbocycles. The molecule has 0 fully saturated rings. The molecule has 0 bridgehead atoms. The van der Waals surface area contributed by atoms with Crippen LogP contribution in [0.5, 0.6) is 11.5 Å². The molecule has 41 heavy (non-hydrogen) atoms. The zero-order valence-corrected chi connectivity index (χ0v) is 30.7. The predicted octanol–water partition coefficient (Wildman–Crippen LogP) is 7.37. The molecule has 0 atom stereocenters. The minimum atomic E-state index is -0.368. The molecular formula is C34H42O5Y2-2. The van der Waals surface area contributed by atoms with E-state index in [0.717, 1.165) is 22.6 Å². The predicted molar refractivity (Wildman–Crippen MR) is 157 cm³/mol. The van der Waals surface area contributed by atoms with E-state index in [1.54, 1.807) is 20.8 Å². The van der Waals surface area contributed by atoms with Gasteiger partial charge in [0.2, 0.25) is 0 Å². The van der Waals surface area contributed by atoms with Crippen molar-refractivity contribution in [2.45, 2.75) is 71.6 Å². The molecule has 7 heteroatoms. The minimum absolute atomic E-state index is 0. The number of ketones is 3. The van der Waals surface area contributed by atoms with Gasteiger partial charge in [0.1, 0.15) is 17.3 Å². The van der Waals surface area contributed by atoms with Crippen molar-refractivity contribution in [3.63, 3.8) is 0 Å². The van der Waals surface area contributed by atoms with Crippen molar-refractivity contribution in [2.24, 2.45) is 0 Å². The summed E-state index contributed by atoms with van der Waals surface area (Å²) in [4.78, 5) is 35.2. The second-order valence-electron chi connectivity index (χ2n) is 10.3.